The Balaban J connectivity index is 1.68. The number of methoxy groups -OCH3 is 1. The first-order valence-electron chi connectivity index (χ1n) is 9.16. The average molecular weight is 395 g/mol. The number of aliphatic hydroxyl groups excluding tert-OH is 1. The molecule has 2 aromatic carbocycles. The fourth-order valence-corrected chi connectivity index (χ4v) is 3.15. The lowest BCUT2D eigenvalue weighted by molar-refractivity contribution is 0.0921. The molecule has 1 aromatic heterocycles. The van der Waals surface area contributed by atoms with Gasteiger partial charge in [0.25, 0.3) is 5.91 Å². The minimum Gasteiger partial charge on any atom is -0.495 e. The van der Waals surface area contributed by atoms with Crippen molar-refractivity contribution in [3.05, 3.63) is 47.2 Å². The second-order valence-corrected chi connectivity index (χ2v) is 6.68. The van der Waals surface area contributed by atoms with Crippen LogP contribution in [0, 0.1) is 0 Å². The fourth-order valence-electron chi connectivity index (χ4n) is 3.15. The molecule has 8 nitrogen and oxygen atoms in total. The lowest BCUT2D eigenvalue weighted by Gasteiger charge is -2.11. The van der Waals surface area contributed by atoms with E-state index >= 15 is 0 Å². The standard InChI is InChI=1S/C21H21N3O5/c1-12(25)10-22-21(26)14-5-7-16-19(20(14)27-2)15(23-24-16)6-3-13-4-8-17-18(9-13)29-11-28-17/h3-9,12,25H,10-11H2,1-2H3,(H,22,26)(H,23,24)/b6-3+. The molecule has 1 amide bonds. The Hall–Kier alpha value is -3.52. The number of aliphatic hydroxyl groups is 1. The lowest BCUT2D eigenvalue weighted by atomic mass is 10.1. The number of ether oxygens (including phenoxy) is 3. The first-order valence-corrected chi connectivity index (χ1v) is 9.16. The first-order chi connectivity index (χ1) is 14.1. The zero-order valence-corrected chi connectivity index (χ0v) is 16.1. The molecule has 2 heterocycles. The van der Waals surface area contributed by atoms with E-state index in [1.807, 2.05) is 30.4 Å². The minimum absolute atomic E-state index is 0.155. The number of hydrogen-bond acceptors (Lipinski definition) is 6. The molecular weight excluding hydrogens is 374 g/mol. The zero-order valence-electron chi connectivity index (χ0n) is 16.1. The zero-order chi connectivity index (χ0) is 20.4. The summed E-state index contributed by atoms with van der Waals surface area (Å²) in [5.41, 5.74) is 2.69. The van der Waals surface area contributed by atoms with Gasteiger partial charge in [0.1, 0.15) is 5.75 Å². The van der Waals surface area contributed by atoms with E-state index in [4.69, 9.17) is 14.2 Å². The molecule has 1 aliphatic heterocycles. The van der Waals surface area contributed by atoms with E-state index in [9.17, 15) is 9.90 Å². The largest absolute Gasteiger partial charge is 0.495 e. The Morgan fingerprint density at radius 1 is 1.31 bits per heavy atom. The number of fused-ring (bicyclic) bond motifs is 2. The first kappa shape index (κ1) is 18.8. The third-order valence-electron chi connectivity index (χ3n) is 4.55. The second-order valence-electron chi connectivity index (χ2n) is 6.68. The Morgan fingerprint density at radius 3 is 2.93 bits per heavy atom. The van der Waals surface area contributed by atoms with Gasteiger partial charge in [-0.05, 0) is 42.8 Å². The topological polar surface area (TPSA) is 106 Å². The summed E-state index contributed by atoms with van der Waals surface area (Å²) in [6.45, 7) is 1.99. The highest BCUT2D eigenvalue weighted by molar-refractivity contribution is 6.05. The molecule has 0 saturated heterocycles. The van der Waals surface area contributed by atoms with Crippen LogP contribution in [0.3, 0.4) is 0 Å². The smallest absolute Gasteiger partial charge is 0.255 e. The van der Waals surface area contributed by atoms with Crippen LogP contribution in [0.5, 0.6) is 17.2 Å². The summed E-state index contributed by atoms with van der Waals surface area (Å²) in [7, 11) is 1.51. The van der Waals surface area contributed by atoms with Crippen LogP contribution < -0.4 is 19.5 Å². The van der Waals surface area contributed by atoms with Crippen molar-refractivity contribution < 1.29 is 24.1 Å². The van der Waals surface area contributed by atoms with E-state index in [2.05, 4.69) is 15.5 Å². The van der Waals surface area contributed by atoms with E-state index in [0.717, 1.165) is 16.8 Å². The van der Waals surface area contributed by atoms with Gasteiger partial charge >= 0.3 is 0 Å². The number of H-pyrrole nitrogens is 1. The number of carbonyl (C=O) groups excluding carboxylic acids is 1. The van der Waals surface area contributed by atoms with Gasteiger partial charge in [-0.2, -0.15) is 5.10 Å². The maximum atomic E-state index is 12.5. The van der Waals surface area contributed by atoms with Crippen LogP contribution in [-0.2, 0) is 0 Å². The van der Waals surface area contributed by atoms with Crippen LogP contribution in [0.15, 0.2) is 30.3 Å². The number of amides is 1. The SMILES string of the molecule is COc1c(C(=O)NCC(C)O)ccc2[nH]nc(/C=C/c3ccc4c(c3)OCO4)c12. The van der Waals surface area contributed by atoms with Gasteiger partial charge in [0.05, 0.1) is 35.4 Å². The molecule has 8 heteroatoms. The van der Waals surface area contributed by atoms with Gasteiger partial charge in [-0.25, -0.2) is 0 Å². The molecule has 3 N–H and O–H groups in total. The summed E-state index contributed by atoms with van der Waals surface area (Å²) in [6, 6.07) is 9.11. The summed E-state index contributed by atoms with van der Waals surface area (Å²) in [4.78, 5) is 12.5. The summed E-state index contributed by atoms with van der Waals surface area (Å²) in [5.74, 6) is 1.52. The van der Waals surface area contributed by atoms with Crippen molar-refractivity contribution in [1.29, 1.82) is 0 Å². The molecular formula is C21H21N3O5. The van der Waals surface area contributed by atoms with Crippen molar-refractivity contribution in [2.75, 3.05) is 20.4 Å². The molecule has 150 valence electrons. The highest BCUT2D eigenvalue weighted by atomic mass is 16.7. The van der Waals surface area contributed by atoms with Crippen LogP contribution in [-0.4, -0.2) is 47.8 Å². The number of aromatic amines is 1. The van der Waals surface area contributed by atoms with Crippen LogP contribution in [0.1, 0.15) is 28.5 Å². The Bertz CT molecular complexity index is 1090. The quantitative estimate of drug-likeness (QED) is 0.592. The third kappa shape index (κ3) is 3.74. The van der Waals surface area contributed by atoms with Gasteiger partial charge in [0, 0.05) is 6.54 Å². The number of nitrogens with one attached hydrogen (secondary N) is 2. The van der Waals surface area contributed by atoms with E-state index in [1.54, 1.807) is 19.1 Å². The molecule has 0 fully saturated rings. The number of rotatable bonds is 6. The van der Waals surface area contributed by atoms with Gasteiger partial charge in [0.2, 0.25) is 6.79 Å². The molecule has 29 heavy (non-hydrogen) atoms. The molecule has 1 unspecified atom stereocenters. The van der Waals surface area contributed by atoms with Gasteiger partial charge in [-0.3, -0.25) is 9.89 Å². The fraction of sp³-hybridized carbons (Fsp3) is 0.238. The normalized spacial score (nSPS) is 13.8. The van der Waals surface area contributed by atoms with Crippen LogP contribution in [0.2, 0.25) is 0 Å². The number of hydrogen-bond donors (Lipinski definition) is 3. The highest BCUT2D eigenvalue weighted by Gasteiger charge is 2.19. The van der Waals surface area contributed by atoms with E-state index in [-0.39, 0.29) is 19.2 Å². The van der Waals surface area contributed by atoms with Crippen molar-refractivity contribution in [2.45, 2.75) is 13.0 Å². The van der Waals surface area contributed by atoms with E-state index < -0.39 is 6.10 Å². The predicted octanol–water partition coefficient (Wildman–Crippen LogP) is 2.58. The molecule has 3 aromatic rings. The maximum Gasteiger partial charge on any atom is 0.255 e. The highest BCUT2D eigenvalue weighted by Crippen LogP contribution is 2.34. The number of aromatic nitrogens is 2. The molecule has 0 spiro atoms. The van der Waals surface area contributed by atoms with Gasteiger partial charge in [-0.15, -0.1) is 0 Å². The van der Waals surface area contributed by atoms with Crippen LogP contribution in [0.4, 0.5) is 0 Å². The lowest BCUT2D eigenvalue weighted by Crippen LogP contribution is -2.30. The van der Waals surface area contributed by atoms with Gasteiger partial charge in [0.15, 0.2) is 11.5 Å². The predicted molar refractivity (Wildman–Crippen MR) is 108 cm³/mol. The second kappa shape index (κ2) is 7.84. The van der Waals surface area contributed by atoms with Crippen molar-refractivity contribution >= 4 is 29.0 Å². The van der Waals surface area contributed by atoms with Crippen LogP contribution in [0.25, 0.3) is 23.1 Å². The molecule has 0 saturated carbocycles. The van der Waals surface area contributed by atoms with Gasteiger partial charge < -0.3 is 24.6 Å². The summed E-state index contributed by atoms with van der Waals surface area (Å²) >= 11 is 0. The average Bonchev–Trinajstić information content (AvgIpc) is 3.35. The Morgan fingerprint density at radius 2 is 2.14 bits per heavy atom. The van der Waals surface area contributed by atoms with E-state index in [1.165, 1.54) is 7.11 Å². The van der Waals surface area contributed by atoms with Crippen molar-refractivity contribution in [3.8, 4) is 17.2 Å². The van der Waals surface area contributed by atoms with Crippen LogP contribution >= 0.6 is 0 Å². The Labute approximate surface area is 167 Å². The van der Waals surface area contributed by atoms with Crippen molar-refractivity contribution in [2.24, 2.45) is 0 Å². The molecule has 0 bridgehead atoms. The summed E-state index contributed by atoms with van der Waals surface area (Å²) in [5, 5.41) is 20.1. The monoisotopic (exact) mass is 395 g/mol. The number of carbonyl (C=O) groups is 1. The molecule has 0 aliphatic carbocycles. The van der Waals surface area contributed by atoms with Gasteiger partial charge in [-0.1, -0.05) is 12.1 Å². The third-order valence-corrected chi connectivity index (χ3v) is 4.55. The molecule has 1 atom stereocenters. The number of benzene rings is 2. The number of nitrogens with zero attached hydrogens (tertiary/aromatic N) is 1. The molecule has 1 aliphatic rings. The summed E-state index contributed by atoms with van der Waals surface area (Å²) < 4.78 is 16.3. The summed E-state index contributed by atoms with van der Waals surface area (Å²) in [6.07, 6.45) is 3.11. The minimum atomic E-state index is -0.636. The molecule has 0 radical (unpaired) electrons. The van der Waals surface area contributed by atoms with Crippen molar-refractivity contribution in [1.82, 2.24) is 15.5 Å². The molecule has 4 rings (SSSR count). The van der Waals surface area contributed by atoms with E-state index in [0.29, 0.717) is 28.1 Å². The maximum absolute atomic E-state index is 12.5. The Kier molecular flexibility index (Phi) is 5.09. The van der Waals surface area contributed by atoms with Crippen molar-refractivity contribution in [3.63, 3.8) is 0 Å².